The largest absolute Gasteiger partial charge is 0.481 e. The molecular formula is C9H15NO4. The fourth-order valence-electron chi connectivity index (χ4n) is 1.56. The Morgan fingerprint density at radius 1 is 1.57 bits per heavy atom. The minimum Gasteiger partial charge on any atom is -0.481 e. The van der Waals surface area contributed by atoms with Crippen LogP contribution in [0.25, 0.3) is 0 Å². The van der Waals surface area contributed by atoms with E-state index in [-0.39, 0.29) is 6.54 Å². The number of ether oxygens (including phenoxy) is 1. The lowest BCUT2D eigenvalue weighted by Crippen LogP contribution is -2.42. The van der Waals surface area contributed by atoms with Crippen molar-refractivity contribution in [3.63, 3.8) is 0 Å². The van der Waals surface area contributed by atoms with E-state index in [1.165, 1.54) is 4.90 Å². The number of nitrogens with zero attached hydrogens (tertiary/aromatic N) is 1. The van der Waals surface area contributed by atoms with Crippen molar-refractivity contribution in [2.75, 3.05) is 19.7 Å². The molecule has 0 aromatic heterocycles. The van der Waals surface area contributed by atoms with Crippen molar-refractivity contribution in [1.29, 1.82) is 0 Å². The Hall–Kier alpha value is -1.26. The van der Waals surface area contributed by atoms with Crippen molar-refractivity contribution in [3.8, 4) is 0 Å². The third kappa shape index (κ3) is 2.61. The Balaban J connectivity index is 2.47. The molecular weight excluding hydrogens is 186 g/mol. The molecule has 1 saturated heterocycles. The number of likely N-dealkylation sites (tertiary alicyclic amines) is 1. The van der Waals surface area contributed by atoms with Crippen LogP contribution in [0.4, 0.5) is 4.79 Å². The van der Waals surface area contributed by atoms with Gasteiger partial charge in [0, 0.05) is 13.1 Å². The molecule has 0 spiro atoms. The van der Waals surface area contributed by atoms with Crippen molar-refractivity contribution in [2.45, 2.75) is 19.8 Å². The predicted molar refractivity (Wildman–Crippen MR) is 49.0 cm³/mol. The number of carbonyl (C=O) groups is 2. The van der Waals surface area contributed by atoms with Crippen LogP contribution in [0.5, 0.6) is 0 Å². The minimum atomic E-state index is -0.834. The van der Waals surface area contributed by atoms with Gasteiger partial charge in [-0.25, -0.2) is 4.79 Å². The zero-order chi connectivity index (χ0) is 10.6. The molecule has 1 aliphatic heterocycles. The number of amides is 1. The molecule has 1 N–H and O–H groups in total. The van der Waals surface area contributed by atoms with Crippen molar-refractivity contribution >= 4 is 12.1 Å². The summed E-state index contributed by atoms with van der Waals surface area (Å²) in [5, 5.41) is 8.79. The van der Waals surface area contributed by atoms with Gasteiger partial charge in [0.05, 0.1) is 12.5 Å². The SMILES string of the molecule is CCOC(=O)N1CCC[C@@H](C(=O)O)C1. The van der Waals surface area contributed by atoms with Crippen LogP contribution in [-0.4, -0.2) is 41.8 Å². The van der Waals surface area contributed by atoms with Gasteiger partial charge in [0.15, 0.2) is 0 Å². The lowest BCUT2D eigenvalue weighted by atomic mass is 9.99. The molecule has 0 saturated carbocycles. The second kappa shape index (κ2) is 4.83. The zero-order valence-corrected chi connectivity index (χ0v) is 8.23. The van der Waals surface area contributed by atoms with Gasteiger partial charge in [-0.3, -0.25) is 4.79 Å². The minimum absolute atomic E-state index is 0.272. The van der Waals surface area contributed by atoms with E-state index in [2.05, 4.69) is 0 Å². The number of hydrogen-bond donors (Lipinski definition) is 1. The van der Waals surface area contributed by atoms with Crippen LogP contribution in [0, 0.1) is 5.92 Å². The van der Waals surface area contributed by atoms with Gasteiger partial charge in [0.2, 0.25) is 0 Å². The molecule has 1 fully saturated rings. The Morgan fingerprint density at radius 2 is 2.29 bits per heavy atom. The lowest BCUT2D eigenvalue weighted by molar-refractivity contribution is -0.143. The van der Waals surface area contributed by atoms with E-state index in [0.717, 1.165) is 6.42 Å². The summed E-state index contributed by atoms with van der Waals surface area (Å²) in [5.74, 6) is -1.27. The molecule has 1 amide bonds. The van der Waals surface area contributed by atoms with E-state index in [0.29, 0.717) is 19.6 Å². The molecule has 0 bridgehead atoms. The van der Waals surface area contributed by atoms with E-state index >= 15 is 0 Å². The summed E-state index contributed by atoms with van der Waals surface area (Å²) in [5.41, 5.74) is 0. The molecule has 0 radical (unpaired) electrons. The standard InChI is InChI=1S/C9H15NO4/c1-2-14-9(13)10-5-3-4-7(6-10)8(11)12/h7H,2-6H2,1H3,(H,11,12)/t7-/m1/s1. The van der Waals surface area contributed by atoms with Gasteiger partial charge in [-0.2, -0.15) is 0 Å². The fourth-order valence-corrected chi connectivity index (χ4v) is 1.56. The third-order valence-corrected chi connectivity index (χ3v) is 2.30. The van der Waals surface area contributed by atoms with Gasteiger partial charge >= 0.3 is 12.1 Å². The highest BCUT2D eigenvalue weighted by molar-refractivity contribution is 5.73. The number of aliphatic carboxylic acids is 1. The van der Waals surface area contributed by atoms with E-state index in [1.54, 1.807) is 6.92 Å². The molecule has 5 heteroatoms. The van der Waals surface area contributed by atoms with Gasteiger partial charge in [0.1, 0.15) is 0 Å². The van der Waals surface area contributed by atoms with Crippen LogP contribution in [0.15, 0.2) is 0 Å². The smallest absolute Gasteiger partial charge is 0.409 e. The average Bonchev–Trinajstić information content (AvgIpc) is 2.18. The van der Waals surface area contributed by atoms with Gasteiger partial charge in [-0.15, -0.1) is 0 Å². The summed E-state index contributed by atoms with van der Waals surface area (Å²) in [6, 6.07) is 0. The van der Waals surface area contributed by atoms with Crippen LogP contribution < -0.4 is 0 Å². The number of carboxylic acids is 1. The maximum atomic E-state index is 11.3. The highest BCUT2D eigenvalue weighted by Crippen LogP contribution is 2.17. The Morgan fingerprint density at radius 3 is 2.86 bits per heavy atom. The molecule has 80 valence electrons. The molecule has 1 aliphatic rings. The van der Waals surface area contributed by atoms with E-state index in [1.807, 2.05) is 0 Å². The van der Waals surface area contributed by atoms with Crippen LogP contribution in [0.3, 0.4) is 0 Å². The Labute approximate surface area is 82.6 Å². The predicted octanol–water partition coefficient (Wildman–Crippen LogP) is 0.940. The second-order valence-electron chi connectivity index (χ2n) is 3.32. The first kappa shape index (κ1) is 10.8. The summed E-state index contributed by atoms with van der Waals surface area (Å²) in [7, 11) is 0. The van der Waals surface area contributed by atoms with Gasteiger partial charge in [-0.05, 0) is 19.8 Å². The Bertz CT molecular complexity index is 229. The van der Waals surface area contributed by atoms with Crippen LogP contribution in [0.1, 0.15) is 19.8 Å². The first-order valence-electron chi connectivity index (χ1n) is 4.79. The number of hydrogen-bond acceptors (Lipinski definition) is 3. The first-order chi connectivity index (χ1) is 6.65. The molecule has 1 rings (SSSR count). The highest BCUT2D eigenvalue weighted by Gasteiger charge is 2.28. The quantitative estimate of drug-likeness (QED) is 0.722. The van der Waals surface area contributed by atoms with Crippen molar-refractivity contribution in [1.82, 2.24) is 4.90 Å². The summed E-state index contributed by atoms with van der Waals surface area (Å²) < 4.78 is 4.80. The molecule has 14 heavy (non-hydrogen) atoms. The summed E-state index contributed by atoms with van der Waals surface area (Å²) in [4.78, 5) is 23.4. The highest BCUT2D eigenvalue weighted by atomic mass is 16.6. The number of piperidine rings is 1. The van der Waals surface area contributed by atoms with Crippen LogP contribution in [-0.2, 0) is 9.53 Å². The van der Waals surface area contributed by atoms with E-state index in [9.17, 15) is 9.59 Å². The normalized spacial score (nSPS) is 21.8. The molecule has 1 atom stereocenters. The third-order valence-electron chi connectivity index (χ3n) is 2.30. The molecule has 0 aliphatic carbocycles. The van der Waals surface area contributed by atoms with Gasteiger partial charge in [0.25, 0.3) is 0 Å². The maximum absolute atomic E-state index is 11.3. The van der Waals surface area contributed by atoms with Crippen molar-refractivity contribution in [3.05, 3.63) is 0 Å². The molecule has 5 nitrogen and oxygen atoms in total. The zero-order valence-electron chi connectivity index (χ0n) is 8.23. The van der Waals surface area contributed by atoms with E-state index < -0.39 is 18.0 Å². The lowest BCUT2D eigenvalue weighted by Gasteiger charge is -2.29. The molecule has 1 heterocycles. The number of carboxylic acid groups (broad SMARTS) is 1. The fraction of sp³-hybridized carbons (Fsp3) is 0.778. The number of carbonyl (C=O) groups excluding carboxylic acids is 1. The maximum Gasteiger partial charge on any atom is 0.409 e. The molecule has 0 aromatic rings. The molecule has 0 aromatic carbocycles. The van der Waals surface area contributed by atoms with Gasteiger partial charge in [-0.1, -0.05) is 0 Å². The number of rotatable bonds is 2. The molecule has 0 unspecified atom stereocenters. The summed E-state index contributed by atoms with van der Waals surface area (Å²) in [6.45, 7) is 2.93. The second-order valence-corrected chi connectivity index (χ2v) is 3.32. The topological polar surface area (TPSA) is 66.8 Å². The summed E-state index contributed by atoms with van der Waals surface area (Å²) in [6.07, 6.45) is 0.972. The summed E-state index contributed by atoms with van der Waals surface area (Å²) >= 11 is 0. The van der Waals surface area contributed by atoms with Crippen LogP contribution >= 0.6 is 0 Å². The average molecular weight is 201 g/mol. The first-order valence-corrected chi connectivity index (χ1v) is 4.79. The van der Waals surface area contributed by atoms with Crippen molar-refractivity contribution in [2.24, 2.45) is 5.92 Å². The Kier molecular flexibility index (Phi) is 3.73. The monoisotopic (exact) mass is 201 g/mol. The van der Waals surface area contributed by atoms with Crippen LogP contribution in [0.2, 0.25) is 0 Å². The van der Waals surface area contributed by atoms with Crippen molar-refractivity contribution < 1.29 is 19.4 Å². The van der Waals surface area contributed by atoms with Gasteiger partial charge < -0.3 is 14.7 Å². The van der Waals surface area contributed by atoms with E-state index in [4.69, 9.17) is 9.84 Å².